The lowest BCUT2D eigenvalue weighted by molar-refractivity contribution is 0.511. The average molecular weight is 384 g/mol. The minimum atomic E-state index is 0. The van der Waals surface area contributed by atoms with Crippen LogP contribution in [-0.4, -0.2) is 32.1 Å². The van der Waals surface area contributed by atoms with Gasteiger partial charge in [-0.25, -0.2) is 15.0 Å². The van der Waals surface area contributed by atoms with E-state index in [1.165, 1.54) is 12.8 Å². The SMILES string of the molecule is CC(C)c1nccc(-c2c(-c3ccccc3)ncn2C[C@H]2CCCN2)n1.Cl. The van der Waals surface area contributed by atoms with Crippen LogP contribution in [0.15, 0.2) is 48.9 Å². The van der Waals surface area contributed by atoms with E-state index in [1.807, 2.05) is 24.7 Å². The quantitative estimate of drug-likeness (QED) is 0.713. The van der Waals surface area contributed by atoms with Crippen LogP contribution in [0.4, 0.5) is 0 Å². The maximum atomic E-state index is 4.84. The van der Waals surface area contributed by atoms with Gasteiger partial charge in [-0.3, -0.25) is 0 Å². The Labute approximate surface area is 166 Å². The maximum Gasteiger partial charge on any atom is 0.131 e. The second-order valence-corrected chi connectivity index (χ2v) is 7.21. The summed E-state index contributed by atoms with van der Waals surface area (Å²) in [6.07, 6.45) is 6.26. The molecule has 142 valence electrons. The zero-order valence-corrected chi connectivity index (χ0v) is 16.6. The number of hydrogen-bond acceptors (Lipinski definition) is 4. The van der Waals surface area contributed by atoms with E-state index in [4.69, 9.17) is 9.97 Å². The summed E-state index contributed by atoms with van der Waals surface area (Å²) in [6.45, 7) is 6.26. The largest absolute Gasteiger partial charge is 0.327 e. The molecule has 1 aliphatic heterocycles. The van der Waals surface area contributed by atoms with Crippen LogP contribution >= 0.6 is 12.4 Å². The summed E-state index contributed by atoms with van der Waals surface area (Å²) in [6, 6.07) is 12.8. The van der Waals surface area contributed by atoms with Crippen LogP contribution < -0.4 is 5.32 Å². The van der Waals surface area contributed by atoms with Gasteiger partial charge in [-0.1, -0.05) is 44.2 Å². The molecule has 1 N–H and O–H groups in total. The molecule has 6 heteroatoms. The Hall–Kier alpha value is -2.24. The molecule has 0 amide bonds. The molecule has 0 saturated carbocycles. The van der Waals surface area contributed by atoms with E-state index >= 15 is 0 Å². The lowest BCUT2D eigenvalue weighted by Crippen LogP contribution is -2.26. The van der Waals surface area contributed by atoms with Crippen molar-refractivity contribution in [1.82, 2.24) is 24.8 Å². The lowest BCUT2D eigenvalue weighted by Gasteiger charge is -2.15. The molecule has 0 unspecified atom stereocenters. The molecule has 1 saturated heterocycles. The molecule has 3 heterocycles. The van der Waals surface area contributed by atoms with E-state index in [-0.39, 0.29) is 12.4 Å². The van der Waals surface area contributed by atoms with E-state index in [0.29, 0.717) is 12.0 Å². The van der Waals surface area contributed by atoms with Crippen LogP contribution in [0.3, 0.4) is 0 Å². The van der Waals surface area contributed by atoms with Crippen LogP contribution in [0.25, 0.3) is 22.6 Å². The first-order chi connectivity index (χ1) is 12.7. The second kappa shape index (κ2) is 8.63. The predicted molar refractivity (Wildman–Crippen MR) is 111 cm³/mol. The number of halogens is 1. The average Bonchev–Trinajstić information content (AvgIpc) is 3.33. The van der Waals surface area contributed by atoms with Gasteiger partial charge in [0.1, 0.15) is 5.82 Å². The normalized spacial score (nSPS) is 16.5. The van der Waals surface area contributed by atoms with Gasteiger partial charge >= 0.3 is 0 Å². The Balaban J connectivity index is 0.00000210. The van der Waals surface area contributed by atoms with Gasteiger partial charge in [0.15, 0.2) is 0 Å². The van der Waals surface area contributed by atoms with E-state index < -0.39 is 0 Å². The van der Waals surface area contributed by atoms with Gasteiger partial charge in [0, 0.05) is 30.3 Å². The predicted octanol–water partition coefficient (Wildman–Crippen LogP) is 4.30. The third kappa shape index (κ3) is 4.20. The summed E-state index contributed by atoms with van der Waals surface area (Å²) in [5.41, 5.74) is 4.12. The van der Waals surface area contributed by atoms with Crippen molar-refractivity contribution in [2.24, 2.45) is 0 Å². The van der Waals surface area contributed by atoms with Gasteiger partial charge in [0.25, 0.3) is 0 Å². The molecule has 27 heavy (non-hydrogen) atoms. The third-order valence-electron chi connectivity index (χ3n) is 4.90. The molecule has 5 nitrogen and oxygen atoms in total. The molecule has 1 aromatic carbocycles. The van der Waals surface area contributed by atoms with E-state index in [2.05, 4.69) is 53.0 Å². The molecule has 4 rings (SSSR count). The first-order valence-electron chi connectivity index (χ1n) is 9.39. The van der Waals surface area contributed by atoms with E-state index in [1.54, 1.807) is 0 Å². The Morgan fingerprint density at radius 3 is 2.67 bits per heavy atom. The fourth-order valence-electron chi connectivity index (χ4n) is 3.53. The summed E-state index contributed by atoms with van der Waals surface area (Å²) in [7, 11) is 0. The molecule has 3 aromatic rings. The minimum Gasteiger partial charge on any atom is -0.327 e. The summed E-state index contributed by atoms with van der Waals surface area (Å²) in [5.74, 6) is 1.16. The minimum absolute atomic E-state index is 0. The smallest absolute Gasteiger partial charge is 0.131 e. The van der Waals surface area contributed by atoms with E-state index in [9.17, 15) is 0 Å². The lowest BCUT2D eigenvalue weighted by atomic mass is 10.1. The van der Waals surface area contributed by atoms with Crippen LogP contribution in [0.1, 0.15) is 38.4 Å². The van der Waals surface area contributed by atoms with Gasteiger partial charge in [-0.15, -0.1) is 12.4 Å². The van der Waals surface area contributed by atoms with Crippen molar-refractivity contribution < 1.29 is 0 Å². The second-order valence-electron chi connectivity index (χ2n) is 7.21. The number of benzene rings is 1. The fourth-order valence-corrected chi connectivity index (χ4v) is 3.53. The third-order valence-corrected chi connectivity index (χ3v) is 4.90. The highest BCUT2D eigenvalue weighted by atomic mass is 35.5. The van der Waals surface area contributed by atoms with Crippen molar-refractivity contribution in [1.29, 1.82) is 0 Å². The highest BCUT2D eigenvalue weighted by Gasteiger charge is 2.21. The van der Waals surface area contributed by atoms with Crippen molar-refractivity contribution in [2.45, 2.75) is 45.2 Å². The van der Waals surface area contributed by atoms with Crippen molar-refractivity contribution in [3.05, 3.63) is 54.7 Å². The van der Waals surface area contributed by atoms with Crippen molar-refractivity contribution in [3.8, 4) is 22.6 Å². The molecule has 2 aromatic heterocycles. The Morgan fingerprint density at radius 1 is 1.15 bits per heavy atom. The van der Waals surface area contributed by atoms with Gasteiger partial charge in [-0.05, 0) is 25.5 Å². The molecular formula is C21H26ClN5. The van der Waals surface area contributed by atoms with Gasteiger partial charge in [0.2, 0.25) is 0 Å². The molecule has 0 radical (unpaired) electrons. The molecule has 1 fully saturated rings. The zero-order valence-electron chi connectivity index (χ0n) is 15.8. The maximum absolute atomic E-state index is 4.84. The molecule has 0 aliphatic carbocycles. The number of imidazole rings is 1. The number of hydrogen-bond donors (Lipinski definition) is 1. The highest BCUT2D eigenvalue weighted by Crippen LogP contribution is 2.31. The Kier molecular flexibility index (Phi) is 6.24. The van der Waals surface area contributed by atoms with Crippen LogP contribution in [0.2, 0.25) is 0 Å². The van der Waals surface area contributed by atoms with E-state index in [0.717, 1.165) is 41.6 Å². The molecule has 1 aliphatic rings. The number of nitrogens with one attached hydrogen (secondary N) is 1. The van der Waals surface area contributed by atoms with Crippen molar-refractivity contribution >= 4 is 12.4 Å². The number of nitrogens with zero attached hydrogens (tertiary/aromatic N) is 4. The Morgan fingerprint density at radius 2 is 1.96 bits per heavy atom. The topological polar surface area (TPSA) is 55.6 Å². The summed E-state index contributed by atoms with van der Waals surface area (Å²) < 4.78 is 2.25. The first-order valence-corrected chi connectivity index (χ1v) is 9.39. The van der Waals surface area contributed by atoms with Crippen molar-refractivity contribution in [2.75, 3.05) is 6.54 Å². The summed E-state index contributed by atoms with van der Waals surface area (Å²) >= 11 is 0. The fraction of sp³-hybridized carbons (Fsp3) is 0.381. The number of aromatic nitrogens is 4. The molecular weight excluding hydrogens is 358 g/mol. The summed E-state index contributed by atoms with van der Waals surface area (Å²) in [5, 5.41) is 3.58. The van der Waals surface area contributed by atoms with Gasteiger partial charge in [0.05, 0.1) is 23.4 Å². The van der Waals surface area contributed by atoms with Crippen LogP contribution in [-0.2, 0) is 6.54 Å². The molecule has 1 atom stereocenters. The van der Waals surface area contributed by atoms with Gasteiger partial charge < -0.3 is 9.88 Å². The van der Waals surface area contributed by atoms with Crippen molar-refractivity contribution in [3.63, 3.8) is 0 Å². The molecule has 0 bridgehead atoms. The standard InChI is InChI=1S/C21H25N5.ClH/c1-15(2)21-23-12-10-18(25-21)20-19(16-7-4-3-5-8-16)24-14-26(20)13-17-9-6-11-22-17;/h3-5,7-8,10,12,14-15,17,22H,6,9,11,13H2,1-2H3;1H/t17-;/m1./s1. The highest BCUT2D eigenvalue weighted by molar-refractivity contribution is 5.85. The molecule has 0 spiro atoms. The van der Waals surface area contributed by atoms with Gasteiger partial charge in [-0.2, -0.15) is 0 Å². The monoisotopic (exact) mass is 383 g/mol. The summed E-state index contributed by atoms with van der Waals surface area (Å²) in [4.78, 5) is 14.0. The zero-order chi connectivity index (χ0) is 17.9. The Bertz CT molecular complexity index is 869. The first kappa shape index (κ1) is 19.5. The van der Waals surface area contributed by atoms with Crippen LogP contribution in [0.5, 0.6) is 0 Å². The van der Waals surface area contributed by atoms with Crippen LogP contribution in [0, 0.1) is 0 Å². The number of rotatable bonds is 5.